The molecule has 0 unspecified atom stereocenters. The minimum absolute atomic E-state index is 0. The molecule has 0 aromatic heterocycles. The van der Waals surface area contributed by atoms with E-state index in [2.05, 4.69) is 15.6 Å². The fourth-order valence-corrected chi connectivity index (χ4v) is 3.55. The third-order valence-corrected chi connectivity index (χ3v) is 4.94. The van der Waals surface area contributed by atoms with Gasteiger partial charge in [0.2, 0.25) is 0 Å². The topological polar surface area (TPSA) is 45.7 Å². The van der Waals surface area contributed by atoms with Gasteiger partial charge in [0.25, 0.3) is 0 Å². The largest absolute Gasteiger partial charge is 0.378 e. The highest BCUT2D eigenvalue weighted by molar-refractivity contribution is 14.0. The Balaban J connectivity index is 0.00000264. The summed E-state index contributed by atoms with van der Waals surface area (Å²) in [5.74, 6) is 0.977. The summed E-state index contributed by atoms with van der Waals surface area (Å²) < 4.78 is 5.96. The summed E-state index contributed by atoms with van der Waals surface area (Å²) in [5, 5.41) is 6.96. The van der Waals surface area contributed by atoms with Crippen LogP contribution in [0.25, 0.3) is 0 Å². The van der Waals surface area contributed by atoms with E-state index in [1.807, 2.05) is 7.05 Å². The summed E-state index contributed by atoms with van der Waals surface area (Å²) in [7, 11) is 1.86. The molecule has 0 heterocycles. The van der Waals surface area contributed by atoms with Gasteiger partial charge in [0, 0.05) is 26.2 Å². The molecule has 23 heavy (non-hydrogen) atoms. The fraction of sp³-hybridized carbons (Fsp3) is 0.944. The molecule has 0 aromatic rings. The maximum atomic E-state index is 5.96. The van der Waals surface area contributed by atoms with E-state index in [0.717, 1.165) is 19.1 Å². The highest BCUT2D eigenvalue weighted by Gasteiger charge is 2.15. The molecule has 2 saturated carbocycles. The van der Waals surface area contributed by atoms with Crippen molar-refractivity contribution in [2.45, 2.75) is 89.2 Å². The van der Waals surface area contributed by atoms with E-state index in [4.69, 9.17) is 4.74 Å². The first kappa shape index (κ1) is 21.0. The lowest BCUT2D eigenvalue weighted by molar-refractivity contribution is 0.0264. The van der Waals surface area contributed by atoms with Crippen LogP contribution in [0.5, 0.6) is 0 Å². The smallest absolute Gasteiger partial charge is 0.191 e. The number of halogens is 1. The summed E-state index contributed by atoms with van der Waals surface area (Å²) in [5.41, 5.74) is 0. The standard InChI is InChI=1S/C18H35N3O.HI/c1-19-18(21-16-10-6-7-11-16)20-14-8-3-9-15-22-17-12-4-2-5-13-17;/h16-17H,2-15H2,1H3,(H2,19,20,21);1H. The average molecular weight is 437 g/mol. The van der Waals surface area contributed by atoms with Gasteiger partial charge < -0.3 is 15.4 Å². The Morgan fingerprint density at radius 3 is 2.35 bits per heavy atom. The van der Waals surface area contributed by atoms with Crippen molar-refractivity contribution in [2.75, 3.05) is 20.2 Å². The van der Waals surface area contributed by atoms with Crippen LogP contribution in [0.1, 0.15) is 77.0 Å². The van der Waals surface area contributed by atoms with Crippen LogP contribution in [0.4, 0.5) is 0 Å². The van der Waals surface area contributed by atoms with Crippen molar-refractivity contribution in [2.24, 2.45) is 4.99 Å². The van der Waals surface area contributed by atoms with Crippen LogP contribution < -0.4 is 10.6 Å². The molecule has 0 radical (unpaired) electrons. The highest BCUT2D eigenvalue weighted by Crippen LogP contribution is 2.20. The molecule has 136 valence electrons. The Morgan fingerprint density at radius 1 is 0.957 bits per heavy atom. The van der Waals surface area contributed by atoms with Gasteiger partial charge in [0.15, 0.2) is 5.96 Å². The number of hydrogen-bond donors (Lipinski definition) is 2. The predicted molar refractivity (Wildman–Crippen MR) is 109 cm³/mol. The van der Waals surface area contributed by atoms with E-state index in [0.29, 0.717) is 12.1 Å². The second kappa shape index (κ2) is 13.3. The number of unbranched alkanes of at least 4 members (excludes halogenated alkanes) is 2. The van der Waals surface area contributed by atoms with Crippen molar-refractivity contribution in [1.29, 1.82) is 0 Å². The maximum absolute atomic E-state index is 5.96. The summed E-state index contributed by atoms with van der Waals surface area (Å²) in [6.07, 6.45) is 16.2. The molecule has 0 aliphatic heterocycles. The zero-order valence-corrected chi connectivity index (χ0v) is 17.1. The third kappa shape index (κ3) is 9.13. The minimum atomic E-state index is 0. The number of rotatable bonds is 8. The maximum Gasteiger partial charge on any atom is 0.191 e. The fourth-order valence-electron chi connectivity index (χ4n) is 3.55. The van der Waals surface area contributed by atoms with Crippen LogP contribution in [0.2, 0.25) is 0 Å². The average Bonchev–Trinajstić information content (AvgIpc) is 3.07. The summed E-state index contributed by atoms with van der Waals surface area (Å²) in [4.78, 5) is 4.32. The van der Waals surface area contributed by atoms with Crippen molar-refractivity contribution in [3.63, 3.8) is 0 Å². The van der Waals surface area contributed by atoms with Crippen LogP contribution in [0.15, 0.2) is 4.99 Å². The molecular formula is C18H36IN3O. The quantitative estimate of drug-likeness (QED) is 0.259. The minimum Gasteiger partial charge on any atom is -0.378 e. The van der Waals surface area contributed by atoms with Crippen LogP contribution in [-0.2, 0) is 4.74 Å². The van der Waals surface area contributed by atoms with E-state index < -0.39 is 0 Å². The van der Waals surface area contributed by atoms with Gasteiger partial charge in [0.1, 0.15) is 0 Å². The number of hydrogen-bond acceptors (Lipinski definition) is 2. The lowest BCUT2D eigenvalue weighted by atomic mass is 9.98. The zero-order valence-electron chi connectivity index (χ0n) is 14.8. The zero-order chi connectivity index (χ0) is 15.5. The van der Waals surface area contributed by atoms with E-state index in [1.165, 1.54) is 77.0 Å². The van der Waals surface area contributed by atoms with E-state index in [-0.39, 0.29) is 24.0 Å². The monoisotopic (exact) mass is 437 g/mol. The summed E-state index contributed by atoms with van der Waals surface area (Å²) in [6.45, 7) is 1.95. The molecule has 2 aliphatic rings. The molecule has 0 bridgehead atoms. The Labute approximate surface area is 159 Å². The molecule has 2 fully saturated rings. The van der Waals surface area contributed by atoms with Gasteiger partial charge in [-0.2, -0.15) is 0 Å². The lowest BCUT2D eigenvalue weighted by Gasteiger charge is -2.21. The Morgan fingerprint density at radius 2 is 1.65 bits per heavy atom. The molecule has 0 saturated heterocycles. The molecule has 0 amide bonds. The van der Waals surface area contributed by atoms with Crippen molar-refractivity contribution < 1.29 is 4.74 Å². The lowest BCUT2D eigenvalue weighted by Crippen LogP contribution is -2.42. The molecule has 0 aromatic carbocycles. The van der Waals surface area contributed by atoms with Gasteiger partial charge in [-0.1, -0.05) is 32.1 Å². The molecule has 2 aliphatic carbocycles. The molecule has 0 atom stereocenters. The van der Waals surface area contributed by atoms with E-state index in [9.17, 15) is 0 Å². The van der Waals surface area contributed by atoms with Gasteiger partial charge in [-0.05, 0) is 44.9 Å². The number of aliphatic imine (C=N–C) groups is 1. The van der Waals surface area contributed by atoms with Crippen molar-refractivity contribution in [1.82, 2.24) is 10.6 Å². The van der Waals surface area contributed by atoms with Gasteiger partial charge in [0.05, 0.1) is 6.10 Å². The first-order valence-corrected chi connectivity index (χ1v) is 9.47. The number of nitrogens with one attached hydrogen (secondary N) is 2. The van der Waals surface area contributed by atoms with Crippen LogP contribution in [-0.4, -0.2) is 38.3 Å². The molecule has 2 N–H and O–H groups in total. The van der Waals surface area contributed by atoms with E-state index in [1.54, 1.807) is 0 Å². The first-order chi connectivity index (χ1) is 10.9. The van der Waals surface area contributed by atoms with Gasteiger partial charge in [-0.15, -0.1) is 24.0 Å². The SMILES string of the molecule is CN=C(NCCCCCOC1CCCCC1)NC1CCCC1.I. The van der Waals surface area contributed by atoms with E-state index >= 15 is 0 Å². The number of guanidine groups is 1. The number of ether oxygens (including phenoxy) is 1. The molecule has 5 heteroatoms. The summed E-state index contributed by atoms with van der Waals surface area (Å²) in [6, 6.07) is 0.634. The van der Waals surface area contributed by atoms with Gasteiger partial charge >= 0.3 is 0 Å². The van der Waals surface area contributed by atoms with Gasteiger partial charge in [-0.25, -0.2) is 0 Å². The Kier molecular flexibility index (Phi) is 12.1. The first-order valence-electron chi connectivity index (χ1n) is 9.47. The third-order valence-electron chi connectivity index (χ3n) is 4.94. The normalized spacial score (nSPS) is 20.3. The molecule has 0 spiro atoms. The Bertz CT molecular complexity index is 313. The molecule has 4 nitrogen and oxygen atoms in total. The van der Waals surface area contributed by atoms with Crippen molar-refractivity contribution in [3.8, 4) is 0 Å². The molecular weight excluding hydrogens is 401 g/mol. The summed E-state index contributed by atoms with van der Waals surface area (Å²) >= 11 is 0. The predicted octanol–water partition coefficient (Wildman–Crippen LogP) is 4.23. The van der Waals surface area contributed by atoms with Crippen LogP contribution in [0, 0.1) is 0 Å². The molecule has 2 rings (SSSR count). The Hall–Kier alpha value is -0.0400. The van der Waals surface area contributed by atoms with Crippen LogP contribution >= 0.6 is 24.0 Å². The second-order valence-electron chi connectivity index (χ2n) is 6.82. The number of nitrogens with zero attached hydrogens (tertiary/aromatic N) is 1. The van der Waals surface area contributed by atoms with Crippen molar-refractivity contribution >= 4 is 29.9 Å². The van der Waals surface area contributed by atoms with Crippen molar-refractivity contribution in [3.05, 3.63) is 0 Å². The highest BCUT2D eigenvalue weighted by atomic mass is 127. The van der Waals surface area contributed by atoms with Crippen LogP contribution in [0.3, 0.4) is 0 Å². The second-order valence-corrected chi connectivity index (χ2v) is 6.82. The van der Waals surface area contributed by atoms with Gasteiger partial charge in [-0.3, -0.25) is 4.99 Å².